The molecule has 7 heteroatoms. The van der Waals surface area contributed by atoms with E-state index in [2.05, 4.69) is 10.6 Å². The van der Waals surface area contributed by atoms with Gasteiger partial charge < -0.3 is 19.5 Å². The van der Waals surface area contributed by atoms with Gasteiger partial charge in [-0.2, -0.15) is 0 Å². The lowest BCUT2D eigenvalue weighted by atomic mass is 10.0. The summed E-state index contributed by atoms with van der Waals surface area (Å²) in [6.07, 6.45) is 6.22. The summed E-state index contributed by atoms with van der Waals surface area (Å²) in [4.78, 5) is 27.4. The third kappa shape index (κ3) is 3.68. The molecule has 0 spiro atoms. The zero-order valence-electron chi connectivity index (χ0n) is 18.4. The summed E-state index contributed by atoms with van der Waals surface area (Å²) >= 11 is 1.51. The lowest BCUT2D eigenvalue weighted by Crippen LogP contribution is -2.25. The number of thiophene rings is 1. The Balaban J connectivity index is 1.26. The standard InChI is InChI=1S/C27H22N2O4S/c30-23(13-17-15-33-21-11-10-16-5-1-2-7-19(16)24(17)21)29-27-25(20-8-3-9-22(20)34-27)26(31)28-14-18-6-4-12-32-18/h1-2,4-7,10-12,15H,3,8-9,13-14H2,(H,28,31)(H,29,30). The molecule has 3 aromatic heterocycles. The summed E-state index contributed by atoms with van der Waals surface area (Å²) in [7, 11) is 0. The summed E-state index contributed by atoms with van der Waals surface area (Å²) in [5.41, 5.74) is 3.23. The molecule has 0 saturated carbocycles. The molecule has 0 aliphatic heterocycles. The number of nitrogens with one attached hydrogen (secondary N) is 2. The molecular weight excluding hydrogens is 448 g/mol. The fourth-order valence-corrected chi connectivity index (χ4v) is 6.05. The van der Waals surface area contributed by atoms with E-state index < -0.39 is 0 Å². The number of carbonyl (C=O) groups excluding carboxylic acids is 2. The van der Waals surface area contributed by atoms with E-state index in [1.165, 1.54) is 16.2 Å². The van der Waals surface area contributed by atoms with Crippen molar-refractivity contribution in [2.75, 3.05) is 5.32 Å². The number of aryl methyl sites for hydroxylation is 1. The quantitative estimate of drug-likeness (QED) is 0.326. The van der Waals surface area contributed by atoms with Crippen LogP contribution in [0, 0.1) is 0 Å². The summed E-state index contributed by atoms with van der Waals surface area (Å²) in [5, 5.41) is 9.68. The summed E-state index contributed by atoms with van der Waals surface area (Å²) in [5.74, 6) is 0.325. The van der Waals surface area contributed by atoms with E-state index in [9.17, 15) is 9.59 Å². The second-order valence-corrected chi connectivity index (χ2v) is 9.57. The molecule has 0 radical (unpaired) electrons. The number of rotatable bonds is 6. The molecule has 170 valence electrons. The lowest BCUT2D eigenvalue weighted by molar-refractivity contribution is -0.115. The van der Waals surface area contributed by atoms with Crippen LogP contribution in [0.5, 0.6) is 0 Å². The van der Waals surface area contributed by atoms with E-state index in [1.807, 2.05) is 42.5 Å². The number of carbonyl (C=O) groups is 2. The minimum Gasteiger partial charge on any atom is -0.467 e. The van der Waals surface area contributed by atoms with Crippen LogP contribution in [-0.4, -0.2) is 11.8 Å². The van der Waals surface area contributed by atoms with Crippen LogP contribution in [-0.2, 0) is 30.6 Å². The molecule has 1 aliphatic carbocycles. The van der Waals surface area contributed by atoms with Gasteiger partial charge in [-0.25, -0.2) is 0 Å². The second kappa shape index (κ2) is 8.50. The molecule has 2 N–H and O–H groups in total. The molecule has 2 aromatic carbocycles. The van der Waals surface area contributed by atoms with E-state index in [1.54, 1.807) is 18.6 Å². The van der Waals surface area contributed by atoms with Gasteiger partial charge in [0.1, 0.15) is 16.3 Å². The summed E-state index contributed by atoms with van der Waals surface area (Å²) < 4.78 is 11.1. The minimum atomic E-state index is -0.189. The molecule has 6 nitrogen and oxygen atoms in total. The number of hydrogen-bond donors (Lipinski definition) is 2. The van der Waals surface area contributed by atoms with Crippen LogP contribution in [0.1, 0.15) is 38.5 Å². The zero-order chi connectivity index (χ0) is 23.1. The lowest BCUT2D eigenvalue weighted by Gasteiger charge is -2.09. The third-order valence-corrected chi connectivity index (χ3v) is 7.50. The average Bonchev–Trinajstić information content (AvgIpc) is 3.62. The van der Waals surface area contributed by atoms with Crippen molar-refractivity contribution in [3.8, 4) is 0 Å². The Hall–Kier alpha value is -3.84. The van der Waals surface area contributed by atoms with Crippen molar-refractivity contribution in [3.63, 3.8) is 0 Å². The van der Waals surface area contributed by atoms with Crippen LogP contribution < -0.4 is 10.6 Å². The maximum Gasteiger partial charge on any atom is 0.254 e. The van der Waals surface area contributed by atoms with Crippen molar-refractivity contribution >= 4 is 49.9 Å². The van der Waals surface area contributed by atoms with Crippen LogP contribution >= 0.6 is 11.3 Å². The fraction of sp³-hybridized carbons (Fsp3) is 0.185. The van der Waals surface area contributed by atoms with Gasteiger partial charge in [0.15, 0.2) is 0 Å². The maximum absolute atomic E-state index is 13.1. The van der Waals surface area contributed by atoms with Crippen LogP contribution in [0.3, 0.4) is 0 Å². The fourth-order valence-electron chi connectivity index (χ4n) is 4.75. The summed E-state index contributed by atoms with van der Waals surface area (Å²) in [6.45, 7) is 0.303. The van der Waals surface area contributed by atoms with Gasteiger partial charge in [-0.3, -0.25) is 9.59 Å². The Kier molecular flexibility index (Phi) is 5.19. The average molecular weight is 471 g/mol. The Morgan fingerprint density at radius 1 is 1.00 bits per heavy atom. The van der Waals surface area contributed by atoms with Gasteiger partial charge in [0.25, 0.3) is 5.91 Å². The number of amides is 2. The van der Waals surface area contributed by atoms with E-state index in [4.69, 9.17) is 8.83 Å². The Morgan fingerprint density at radius 3 is 2.79 bits per heavy atom. The highest BCUT2D eigenvalue weighted by atomic mass is 32.1. The normalized spacial score (nSPS) is 12.8. The SMILES string of the molecule is O=C(Cc1coc2ccc3ccccc3c12)Nc1sc2c(c1C(=O)NCc1ccco1)CCC2. The predicted molar refractivity (Wildman–Crippen MR) is 132 cm³/mol. The highest BCUT2D eigenvalue weighted by molar-refractivity contribution is 7.17. The monoisotopic (exact) mass is 470 g/mol. The maximum atomic E-state index is 13.1. The van der Waals surface area contributed by atoms with Crippen molar-refractivity contribution in [2.45, 2.75) is 32.2 Å². The van der Waals surface area contributed by atoms with Gasteiger partial charge >= 0.3 is 0 Å². The highest BCUT2D eigenvalue weighted by Crippen LogP contribution is 2.39. The van der Waals surface area contributed by atoms with Crippen molar-refractivity contribution in [1.29, 1.82) is 0 Å². The molecule has 0 fully saturated rings. The Morgan fingerprint density at radius 2 is 1.91 bits per heavy atom. The number of furan rings is 2. The van der Waals surface area contributed by atoms with Gasteiger partial charge in [0.2, 0.25) is 5.91 Å². The van der Waals surface area contributed by atoms with Crippen molar-refractivity contribution in [1.82, 2.24) is 5.32 Å². The molecule has 3 heterocycles. The Labute approximate surface area is 199 Å². The molecule has 34 heavy (non-hydrogen) atoms. The Bertz CT molecular complexity index is 1530. The van der Waals surface area contributed by atoms with Gasteiger partial charge in [0, 0.05) is 15.8 Å². The number of hydrogen-bond acceptors (Lipinski definition) is 5. The van der Waals surface area contributed by atoms with Crippen LogP contribution in [0.15, 0.2) is 69.9 Å². The zero-order valence-corrected chi connectivity index (χ0v) is 19.2. The van der Waals surface area contributed by atoms with Crippen molar-refractivity contribution in [2.24, 2.45) is 0 Å². The van der Waals surface area contributed by atoms with Crippen LogP contribution in [0.4, 0.5) is 5.00 Å². The molecule has 1 aliphatic rings. The first-order chi connectivity index (χ1) is 16.7. The molecule has 6 rings (SSSR count). The van der Waals surface area contributed by atoms with Gasteiger partial charge in [0.05, 0.1) is 31.1 Å². The number of benzene rings is 2. The van der Waals surface area contributed by atoms with Crippen LogP contribution in [0.2, 0.25) is 0 Å². The first kappa shape index (κ1) is 20.7. The second-order valence-electron chi connectivity index (χ2n) is 8.47. The number of anilines is 1. The third-order valence-electron chi connectivity index (χ3n) is 6.30. The van der Waals surface area contributed by atoms with E-state index in [0.29, 0.717) is 22.9 Å². The molecule has 0 saturated heterocycles. The molecule has 2 amide bonds. The largest absolute Gasteiger partial charge is 0.467 e. The van der Waals surface area contributed by atoms with E-state index in [0.717, 1.165) is 52.1 Å². The number of fused-ring (bicyclic) bond motifs is 4. The predicted octanol–water partition coefficient (Wildman–Crippen LogP) is 5.84. The smallest absolute Gasteiger partial charge is 0.254 e. The first-order valence-corrected chi connectivity index (χ1v) is 12.1. The summed E-state index contributed by atoms with van der Waals surface area (Å²) in [6, 6.07) is 15.6. The minimum absolute atomic E-state index is 0.164. The van der Waals surface area contributed by atoms with Crippen LogP contribution in [0.25, 0.3) is 21.7 Å². The highest BCUT2D eigenvalue weighted by Gasteiger charge is 2.27. The molecule has 0 atom stereocenters. The topological polar surface area (TPSA) is 84.5 Å². The van der Waals surface area contributed by atoms with Gasteiger partial charge in [-0.15, -0.1) is 11.3 Å². The van der Waals surface area contributed by atoms with E-state index in [-0.39, 0.29) is 18.2 Å². The van der Waals surface area contributed by atoms with Gasteiger partial charge in [-0.05, 0) is 53.8 Å². The molecule has 0 unspecified atom stereocenters. The molecular formula is C27H22N2O4S. The van der Waals surface area contributed by atoms with Gasteiger partial charge in [-0.1, -0.05) is 30.3 Å². The first-order valence-electron chi connectivity index (χ1n) is 11.3. The molecule has 0 bridgehead atoms. The van der Waals surface area contributed by atoms with E-state index >= 15 is 0 Å². The van der Waals surface area contributed by atoms with Crippen molar-refractivity contribution < 1.29 is 18.4 Å². The molecule has 5 aromatic rings. The van der Waals surface area contributed by atoms with Crippen molar-refractivity contribution in [3.05, 3.63) is 88.4 Å².